The van der Waals surface area contributed by atoms with E-state index >= 15 is 0 Å². The number of rotatable bonds is 7. The maximum atomic E-state index is 8.78. The zero-order valence-corrected chi connectivity index (χ0v) is 13.4. The molecule has 0 fully saturated rings. The first-order chi connectivity index (χ1) is 11.9. The molecule has 3 rings (SSSR count). The maximum absolute atomic E-state index is 8.78. The van der Waals surface area contributed by atoms with Crippen LogP contribution in [0.25, 0.3) is 11.3 Å². The van der Waals surface area contributed by atoms with Crippen molar-refractivity contribution in [3.8, 4) is 17.3 Å². The summed E-state index contributed by atoms with van der Waals surface area (Å²) in [6.45, 7) is 2.08. The van der Waals surface area contributed by atoms with Crippen molar-refractivity contribution < 1.29 is 0 Å². The van der Waals surface area contributed by atoms with Crippen molar-refractivity contribution in [1.29, 1.82) is 5.26 Å². The fourth-order valence-corrected chi connectivity index (χ4v) is 2.55. The number of nitrogens with one attached hydrogen (secondary N) is 1. The lowest BCUT2D eigenvalue weighted by molar-refractivity contribution is 0.627. The number of pyridine rings is 1. The van der Waals surface area contributed by atoms with Gasteiger partial charge >= 0.3 is 0 Å². The molecule has 5 heteroatoms. The van der Waals surface area contributed by atoms with Gasteiger partial charge < -0.3 is 5.32 Å². The minimum absolute atomic E-state index is 0.457. The second kappa shape index (κ2) is 8.04. The van der Waals surface area contributed by atoms with E-state index in [1.54, 1.807) is 6.20 Å². The van der Waals surface area contributed by atoms with Crippen molar-refractivity contribution in [2.75, 3.05) is 0 Å². The molecule has 0 amide bonds. The molecular formula is C19H19N5. The van der Waals surface area contributed by atoms with Gasteiger partial charge in [-0.1, -0.05) is 36.4 Å². The first-order valence-corrected chi connectivity index (χ1v) is 7.95. The molecule has 24 heavy (non-hydrogen) atoms. The van der Waals surface area contributed by atoms with E-state index < -0.39 is 0 Å². The third-order valence-corrected chi connectivity index (χ3v) is 3.70. The summed E-state index contributed by atoms with van der Waals surface area (Å²) >= 11 is 0. The Bertz CT molecular complexity index is 803. The van der Waals surface area contributed by atoms with Crippen LogP contribution < -0.4 is 5.32 Å². The molecule has 0 aliphatic rings. The summed E-state index contributed by atoms with van der Waals surface area (Å²) in [6.07, 6.45) is 6.12. The SMILES string of the molecule is N#CCCn1cc(CNCc2cccnc2)c(-c2ccccc2)n1. The van der Waals surface area contributed by atoms with Gasteiger partial charge in [0, 0.05) is 42.8 Å². The van der Waals surface area contributed by atoms with Crippen molar-refractivity contribution in [1.82, 2.24) is 20.1 Å². The smallest absolute Gasteiger partial charge is 0.0968 e. The van der Waals surface area contributed by atoms with Crippen LogP contribution >= 0.6 is 0 Å². The summed E-state index contributed by atoms with van der Waals surface area (Å²) in [5.41, 5.74) is 4.33. The van der Waals surface area contributed by atoms with Crippen molar-refractivity contribution in [2.45, 2.75) is 26.1 Å². The molecule has 0 atom stereocenters. The number of benzene rings is 1. The summed E-state index contributed by atoms with van der Waals surface area (Å²) in [5.74, 6) is 0. The normalized spacial score (nSPS) is 10.5. The first kappa shape index (κ1) is 15.9. The second-order valence-corrected chi connectivity index (χ2v) is 5.50. The van der Waals surface area contributed by atoms with Crippen molar-refractivity contribution in [3.05, 3.63) is 72.2 Å². The zero-order valence-electron chi connectivity index (χ0n) is 13.4. The lowest BCUT2D eigenvalue weighted by Gasteiger charge is -2.05. The Labute approximate surface area is 141 Å². The average molecular weight is 317 g/mol. The molecule has 2 aromatic heterocycles. The molecule has 1 aromatic carbocycles. The summed E-state index contributed by atoms with van der Waals surface area (Å²) in [7, 11) is 0. The van der Waals surface area contributed by atoms with Gasteiger partial charge in [-0.3, -0.25) is 9.67 Å². The summed E-state index contributed by atoms with van der Waals surface area (Å²) in [6, 6.07) is 16.3. The minimum atomic E-state index is 0.457. The lowest BCUT2D eigenvalue weighted by atomic mass is 10.1. The van der Waals surface area contributed by atoms with Crippen LogP contribution in [0, 0.1) is 11.3 Å². The molecule has 0 aliphatic heterocycles. The molecular weight excluding hydrogens is 298 g/mol. The first-order valence-electron chi connectivity index (χ1n) is 7.95. The van der Waals surface area contributed by atoms with Crippen LogP contribution in [0.4, 0.5) is 0 Å². The van der Waals surface area contributed by atoms with Crippen LogP contribution in [0.1, 0.15) is 17.5 Å². The highest BCUT2D eigenvalue weighted by Crippen LogP contribution is 2.22. The average Bonchev–Trinajstić information content (AvgIpc) is 3.05. The highest BCUT2D eigenvalue weighted by molar-refractivity contribution is 5.62. The van der Waals surface area contributed by atoms with E-state index in [1.807, 2.05) is 41.3 Å². The van der Waals surface area contributed by atoms with Crippen LogP contribution in [-0.2, 0) is 19.6 Å². The standard InChI is InChI=1S/C19H19N5/c20-9-5-11-24-15-18(14-22-13-16-6-4-10-21-12-16)19(23-24)17-7-2-1-3-8-17/h1-4,6-8,10,12,15,22H,5,11,13-14H2. The van der Waals surface area contributed by atoms with E-state index in [-0.39, 0.29) is 0 Å². The molecule has 3 aromatic rings. The maximum Gasteiger partial charge on any atom is 0.0968 e. The molecule has 0 unspecified atom stereocenters. The van der Waals surface area contributed by atoms with E-state index in [0.717, 1.165) is 28.9 Å². The van der Waals surface area contributed by atoms with Crippen LogP contribution in [-0.4, -0.2) is 14.8 Å². The Kier molecular flexibility index (Phi) is 5.33. The molecule has 0 saturated heterocycles. The van der Waals surface area contributed by atoms with E-state index in [9.17, 15) is 0 Å². The molecule has 0 aliphatic carbocycles. The van der Waals surface area contributed by atoms with E-state index in [1.165, 1.54) is 0 Å². The number of aromatic nitrogens is 3. The summed E-state index contributed by atoms with van der Waals surface area (Å²) in [4.78, 5) is 4.13. The number of nitriles is 1. The van der Waals surface area contributed by atoms with Gasteiger partial charge in [-0.05, 0) is 11.6 Å². The van der Waals surface area contributed by atoms with Gasteiger partial charge in [0.1, 0.15) is 0 Å². The zero-order chi connectivity index (χ0) is 16.6. The quantitative estimate of drug-likeness (QED) is 0.727. The van der Waals surface area contributed by atoms with Gasteiger partial charge in [-0.2, -0.15) is 10.4 Å². The minimum Gasteiger partial charge on any atom is -0.308 e. The topological polar surface area (TPSA) is 66.5 Å². The molecule has 2 heterocycles. The monoisotopic (exact) mass is 317 g/mol. The molecule has 5 nitrogen and oxygen atoms in total. The van der Waals surface area contributed by atoms with Gasteiger partial charge in [0.25, 0.3) is 0 Å². The largest absolute Gasteiger partial charge is 0.308 e. The predicted octanol–water partition coefficient (Wildman–Crippen LogP) is 3.15. The highest BCUT2D eigenvalue weighted by atomic mass is 15.3. The van der Waals surface area contributed by atoms with Gasteiger partial charge in [0.05, 0.1) is 24.7 Å². The third-order valence-electron chi connectivity index (χ3n) is 3.70. The second-order valence-electron chi connectivity index (χ2n) is 5.50. The van der Waals surface area contributed by atoms with Crippen LogP contribution in [0.5, 0.6) is 0 Å². The Balaban J connectivity index is 1.75. The lowest BCUT2D eigenvalue weighted by Crippen LogP contribution is -2.13. The van der Waals surface area contributed by atoms with Gasteiger partial charge in [-0.15, -0.1) is 0 Å². The highest BCUT2D eigenvalue weighted by Gasteiger charge is 2.10. The molecule has 0 spiro atoms. The number of nitrogens with zero attached hydrogens (tertiary/aromatic N) is 4. The number of hydrogen-bond acceptors (Lipinski definition) is 4. The Hall–Kier alpha value is -2.97. The molecule has 0 bridgehead atoms. The Morgan fingerprint density at radius 1 is 1.08 bits per heavy atom. The van der Waals surface area contributed by atoms with Crippen LogP contribution in [0.3, 0.4) is 0 Å². The van der Waals surface area contributed by atoms with Crippen molar-refractivity contribution in [3.63, 3.8) is 0 Å². The molecule has 0 radical (unpaired) electrons. The predicted molar refractivity (Wildman–Crippen MR) is 92.7 cm³/mol. The number of hydrogen-bond donors (Lipinski definition) is 1. The summed E-state index contributed by atoms with van der Waals surface area (Å²) < 4.78 is 1.85. The van der Waals surface area contributed by atoms with Gasteiger partial charge in [0.2, 0.25) is 0 Å². The molecule has 120 valence electrons. The van der Waals surface area contributed by atoms with Crippen molar-refractivity contribution in [2.24, 2.45) is 0 Å². The molecule has 1 N–H and O–H groups in total. The van der Waals surface area contributed by atoms with Gasteiger partial charge in [-0.25, -0.2) is 0 Å². The Morgan fingerprint density at radius 2 is 1.96 bits per heavy atom. The molecule has 0 saturated carbocycles. The fourth-order valence-electron chi connectivity index (χ4n) is 2.55. The summed E-state index contributed by atoms with van der Waals surface area (Å²) in [5, 5.41) is 16.9. The van der Waals surface area contributed by atoms with Gasteiger partial charge in [0.15, 0.2) is 0 Å². The van der Waals surface area contributed by atoms with E-state index in [2.05, 4.69) is 39.7 Å². The van der Waals surface area contributed by atoms with E-state index in [0.29, 0.717) is 19.5 Å². The third kappa shape index (κ3) is 4.06. The number of aryl methyl sites for hydroxylation is 1. The fraction of sp³-hybridized carbons (Fsp3) is 0.211. The Morgan fingerprint density at radius 3 is 2.71 bits per heavy atom. The van der Waals surface area contributed by atoms with E-state index in [4.69, 9.17) is 5.26 Å². The van der Waals surface area contributed by atoms with Crippen LogP contribution in [0.15, 0.2) is 61.1 Å². The van der Waals surface area contributed by atoms with Crippen molar-refractivity contribution >= 4 is 0 Å². The van der Waals surface area contributed by atoms with Crippen LogP contribution in [0.2, 0.25) is 0 Å².